The van der Waals surface area contributed by atoms with Gasteiger partial charge in [0, 0.05) is 15.6 Å². The van der Waals surface area contributed by atoms with Crippen molar-refractivity contribution in [1.82, 2.24) is 0 Å². The number of carbonyl (C=O) groups excluding carboxylic acids is 1. The summed E-state index contributed by atoms with van der Waals surface area (Å²) in [5.74, 6) is -1.16. The number of allylic oxidation sites excluding steroid dienone is 6. The van der Waals surface area contributed by atoms with Crippen molar-refractivity contribution in [2.24, 2.45) is 0 Å². The lowest BCUT2D eigenvalue weighted by Crippen LogP contribution is -2.14. The number of alkyl halides is 1. The molecule has 0 unspecified atom stereocenters. The van der Waals surface area contributed by atoms with Gasteiger partial charge in [-0.15, -0.1) is 20.7 Å². The Bertz CT molecular complexity index is 533. The molecule has 1 heterocycles. The molecule has 0 aromatic rings. The molecule has 0 amide bonds. The summed E-state index contributed by atoms with van der Waals surface area (Å²) < 4.78 is 2.74. The van der Waals surface area contributed by atoms with Crippen LogP contribution in [-0.4, -0.2) is 25.3 Å². The van der Waals surface area contributed by atoms with Crippen molar-refractivity contribution in [3.63, 3.8) is 0 Å². The van der Waals surface area contributed by atoms with E-state index >= 15 is 0 Å². The molecule has 1 aliphatic carbocycles. The summed E-state index contributed by atoms with van der Waals surface area (Å²) in [5.41, 5.74) is 1.19. The Labute approximate surface area is 115 Å². The van der Waals surface area contributed by atoms with Gasteiger partial charge in [-0.3, -0.25) is 4.79 Å². The van der Waals surface area contributed by atoms with E-state index in [0.717, 1.165) is 10.8 Å². The highest BCUT2D eigenvalue weighted by molar-refractivity contribution is 14.2. The Morgan fingerprint density at radius 1 is 1.22 bits per heavy atom. The molecule has 1 aliphatic heterocycles. The average Bonchev–Trinajstić information content (AvgIpc) is 2.64. The van der Waals surface area contributed by atoms with E-state index < -0.39 is 5.97 Å². The summed E-state index contributed by atoms with van der Waals surface area (Å²) in [7, 11) is 0. The van der Waals surface area contributed by atoms with Crippen LogP contribution in [-0.2, 0) is 9.59 Å². The number of Topliss-reactive ketones (excluding diaryl/α,β-unsaturated/α-hetero) is 1. The number of carboxylic acids is 1. The number of aliphatic carboxylic acids is 1. The summed E-state index contributed by atoms with van der Waals surface area (Å²) in [6.07, 6.45) is 10.6. The predicted molar refractivity (Wildman–Crippen MR) is 80.2 cm³/mol. The molecule has 0 aromatic heterocycles. The normalized spacial score (nSPS) is 19.0. The SMILES string of the molecule is O=C(O)C1=CCI=CC=C1C(=O)C1=CC=CCC1. The van der Waals surface area contributed by atoms with E-state index in [1.807, 2.05) is 16.2 Å². The number of ketones is 1. The highest BCUT2D eigenvalue weighted by atomic mass is 127. The van der Waals surface area contributed by atoms with E-state index in [4.69, 9.17) is 0 Å². The summed E-state index contributed by atoms with van der Waals surface area (Å²) >= 11 is -0.164. The summed E-state index contributed by atoms with van der Waals surface area (Å²) in [5, 5.41) is 9.18. The Balaban J connectivity index is 2.35. The van der Waals surface area contributed by atoms with Crippen molar-refractivity contribution in [3.05, 3.63) is 47.1 Å². The average molecular weight is 356 g/mol. The Kier molecular flexibility index (Phi) is 4.41. The molecule has 18 heavy (non-hydrogen) atoms. The Morgan fingerprint density at radius 3 is 2.72 bits per heavy atom. The van der Waals surface area contributed by atoms with Crippen LogP contribution < -0.4 is 0 Å². The summed E-state index contributed by atoms with van der Waals surface area (Å²) in [6, 6.07) is 0. The van der Waals surface area contributed by atoms with Gasteiger partial charge in [0.1, 0.15) is 0 Å². The number of rotatable bonds is 3. The molecule has 0 bridgehead atoms. The molecule has 0 aromatic carbocycles. The third-order valence-electron chi connectivity index (χ3n) is 2.76. The van der Waals surface area contributed by atoms with E-state index in [1.165, 1.54) is 0 Å². The van der Waals surface area contributed by atoms with E-state index in [1.54, 1.807) is 18.2 Å². The number of halogens is 1. The van der Waals surface area contributed by atoms with Crippen LogP contribution in [0.5, 0.6) is 0 Å². The van der Waals surface area contributed by atoms with Gasteiger partial charge in [-0.25, -0.2) is 4.79 Å². The van der Waals surface area contributed by atoms with E-state index in [9.17, 15) is 14.7 Å². The highest BCUT2D eigenvalue weighted by Crippen LogP contribution is 2.23. The van der Waals surface area contributed by atoms with Gasteiger partial charge >= 0.3 is 5.97 Å². The molecular weight excluding hydrogens is 343 g/mol. The lowest BCUT2D eigenvalue weighted by Gasteiger charge is -2.11. The molecule has 0 spiro atoms. The minimum Gasteiger partial charge on any atom is -0.478 e. The van der Waals surface area contributed by atoms with E-state index in [-0.39, 0.29) is 32.1 Å². The first-order valence-electron chi connectivity index (χ1n) is 5.65. The first-order valence-corrected chi connectivity index (χ1v) is 8.42. The zero-order valence-electron chi connectivity index (χ0n) is 9.73. The van der Waals surface area contributed by atoms with Gasteiger partial charge < -0.3 is 5.11 Å². The van der Waals surface area contributed by atoms with Gasteiger partial charge in [0.2, 0.25) is 0 Å². The van der Waals surface area contributed by atoms with Crippen LogP contribution in [0.25, 0.3) is 0 Å². The van der Waals surface area contributed by atoms with Crippen LogP contribution in [0.1, 0.15) is 12.8 Å². The topological polar surface area (TPSA) is 54.4 Å². The van der Waals surface area contributed by atoms with Crippen molar-refractivity contribution in [3.8, 4) is 0 Å². The molecule has 2 rings (SSSR count). The molecule has 94 valence electrons. The second-order valence-electron chi connectivity index (χ2n) is 3.93. The van der Waals surface area contributed by atoms with Gasteiger partial charge in [0.25, 0.3) is 0 Å². The van der Waals surface area contributed by atoms with Crippen molar-refractivity contribution < 1.29 is 14.7 Å². The molecule has 0 fully saturated rings. The van der Waals surface area contributed by atoms with Gasteiger partial charge in [0.05, 0.1) is 5.57 Å². The highest BCUT2D eigenvalue weighted by Gasteiger charge is 2.23. The largest absolute Gasteiger partial charge is 0.478 e. The molecular formula is C14H13IO3. The fraction of sp³-hybridized carbons (Fsp3) is 0.214. The number of carbonyl (C=O) groups is 2. The zero-order valence-corrected chi connectivity index (χ0v) is 11.9. The van der Waals surface area contributed by atoms with E-state index in [0.29, 0.717) is 17.6 Å². The van der Waals surface area contributed by atoms with Gasteiger partial charge in [-0.1, -0.05) is 24.3 Å². The maximum absolute atomic E-state index is 12.3. The minimum atomic E-state index is -1.01. The third kappa shape index (κ3) is 2.93. The standard InChI is InChI=1S/C14H13IO3/c16-13(10-4-2-1-3-5-10)11-6-8-15-9-7-12(11)14(17)18/h1-2,4,6-8H,3,5,9H2,(H,17,18). The first kappa shape index (κ1) is 13.1. The number of carboxylic acid groups (broad SMARTS) is 1. The van der Waals surface area contributed by atoms with Crippen LogP contribution in [0, 0.1) is 0 Å². The zero-order chi connectivity index (χ0) is 13.0. The lowest BCUT2D eigenvalue weighted by molar-refractivity contribution is -0.132. The second-order valence-corrected chi connectivity index (χ2v) is 6.41. The van der Waals surface area contributed by atoms with E-state index in [2.05, 4.69) is 0 Å². The van der Waals surface area contributed by atoms with Crippen LogP contribution in [0.15, 0.2) is 47.1 Å². The fourth-order valence-electron chi connectivity index (χ4n) is 1.85. The molecule has 2 aliphatic rings. The maximum Gasteiger partial charge on any atom is 0.336 e. The second kappa shape index (κ2) is 6.04. The quantitative estimate of drug-likeness (QED) is 0.625. The van der Waals surface area contributed by atoms with Crippen molar-refractivity contribution in [2.45, 2.75) is 12.8 Å². The van der Waals surface area contributed by atoms with Crippen LogP contribution in [0.3, 0.4) is 0 Å². The van der Waals surface area contributed by atoms with Crippen LogP contribution in [0.2, 0.25) is 0 Å². The van der Waals surface area contributed by atoms with Crippen LogP contribution in [0.4, 0.5) is 0 Å². The van der Waals surface area contributed by atoms with Crippen LogP contribution >= 0.6 is 20.7 Å². The molecule has 0 atom stereocenters. The molecule has 3 nitrogen and oxygen atoms in total. The fourth-order valence-corrected chi connectivity index (χ4v) is 3.45. The van der Waals surface area contributed by atoms with Gasteiger partial charge in [-0.05, 0) is 22.9 Å². The molecule has 0 saturated heterocycles. The molecule has 0 saturated carbocycles. The smallest absolute Gasteiger partial charge is 0.336 e. The number of hydrogen-bond acceptors (Lipinski definition) is 2. The molecule has 1 N–H and O–H groups in total. The molecule has 4 heteroatoms. The maximum atomic E-state index is 12.3. The van der Waals surface area contributed by atoms with Crippen molar-refractivity contribution in [1.29, 1.82) is 0 Å². The Morgan fingerprint density at radius 2 is 2.06 bits per heavy atom. The lowest BCUT2D eigenvalue weighted by atomic mass is 9.92. The van der Waals surface area contributed by atoms with Gasteiger partial charge in [-0.2, -0.15) is 0 Å². The number of hydrogen-bond donors (Lipinski definition) is 1. The van der Waals surface area contributed by atoms with Gasteiger partial charge in [0.15, 0.2) is 5.78 Å². The molecule has 0 radical (unpaired) electrons. The summed E-state index contributed by atoms with van der Waals surface area (Å²) in [6.45, 7) is 0. The summed E-state index contributed by atoms with van der Waals surface area (Å²) in [4.78, 5) is 23.5. The Hall–Kier alpha value is -1.30. The minimum absolute atomic E-state index is 0.143. The third-order valence-corrected chi connectivity index (χ3v) is 4.58. The van der Waals surface area contributed by atoms with Crippen molar-refractivity contribution in [2.75, 3.05) is 4.43 Å². The van der Waals surface area contributed by atoms with Crippen molar-refractivity contribution >= 4 is 36.5 Å². The predicted octanol–water partition coefficient (Wildman–Crippen LogP) is 2.56. The monoisotopic (exact) mass is 356 g/mol. The first-order chi connectivity index (χ1) is 8.70.